The van der Waals surface area contributed by atoms with Gasteiger partial charge in [-0.05, 0) is 82.6 Å². The number of fused-ring (bicyclic) bond motifs is 6. The molecule has 0 radical (unpaired) electrons. The second-order valence-corrected chi connectivity index (χ2v) is 18.9. The zero-order valence-corrected chi connectivity index (χ0v) is 36.5. The minimum atomic E-state index is 0.863. The molecule has 1 aliphatic heterocycles. The van der Waals surface area contributed by atoms with Gasteiger partial charge in [-0.2, -0.15) is 0 Å². The summed E-state index contributed by atoms with van der Waals surface area (Å²) in [5.41, 5.74) is 9.15. The van der Waals surface area contributed by atoms with E-state index in [1.54, 1.807) is 0 Å². The molecule has 0 bridgehead atoms. The Balaban J connectivity index is 0.988. The number of hydrogen-bond donors (Lipinski definition) is 0. The van der Waals surface area contributed by atoms with E-state index < -0.39 is 0 Å². The van der Waals surface area contributed by atoms with Gasteiger partial charge in [0, 0.05) is 69.9 Å². The Morgan fingerprint density at radius 1 is 0.323 bits per heavy atom. The first-order valence-electron chi connectivity index (χ1n) is 22.0. The van der Waals surface area contributed by atoms with Crippen molar-refractivity contribution in [1.29, 1.82) is 0 Å². The summed E-state index contributed by atoms with van der Waals surface area (Å²) in [6, 6.07) is 79.4. The summed E-state index contributed by atoms with van der Waals surface area (Å²) in [6.45, 7) is 0. The quantitative estimate of drug-likeness (QED) is 0.148. The average molecular weight is 865 g/mol. The predicted molar refractivity (Wildman–Crippen MR) is 280 cm³/mol. The van der Waals surface area contributed by atoms with Crippen molar-refractivity contribution in [2.24, 2.45) is 0 Å². The van der Waals surface area contributed by atoms with E-state index >= 15 is 0 Å². The van der Waals surface area contributed by atoms with E-state index in [9.17, 15) is 0 Å². The zero-order chi connectivity index (χ0) is 42.6. The Bertz CT molecular complexity index is 4050. The van der Waals surface area contributed by atoms with E-state index in [0.29, 0.717) is 0 Å². The Morgan fingerprint density at radius 2 is 0.892 bits per heavy atom. The molecule has 13 aromatic rings. The molecule has 14 rings (SSSR count). The smallest absolute Gasteiger partial charge is 0.138 e. The van der Waals surface area contributed by atoms with Crippen LogP contribution in [0, 0.1) is 0 Å². The highest BCUT2D eigenvalue weighted by molar-refractivity contribution is 7.27. The SMILES string of the molecule is c1ccc(-c2cccc3c2sc2c(N(c4ccccc4)c4cc5c6c(ccc7cc(N(c8ccccc8)c8cccc9c8sc8ccccc89)c8cccc(c8c76)O5)c4)cccc23)cc1. The molecule has 11 aromatic carbocycles. The molecule has 304 valence electrons. The summed E-state index contributed by atoms with van der Waals surface area (Å²) in [6.07, 6.45) is 0. The third kappa shape index (κ3) is 5.53. The highest BCUT2D eigenvalue weighted by Crippen LogP contribution is 2.55. The van der Waals surface area contributed by atoms with Crippen molar-refractivity contribution >= 4 is 129 Å². The maximum absolute atomic E-state index is 7.16. The molecule has 0 saturated carbocycles. The Labute approximate surface area is 382 Å². The zero-order valence-electron chi connectivity index (χ0n) is 34.9. The van der Waals surface area contributed by atoms with Crippen molar-refractivity contribution in [3.05, 3.63) is 218 Å². The van der Waals surface area contributed by atoms with Gasteiger partial charge in [0.05, 0.1) is 32.1 Å². The Hall–Kier alpha value is -7.96. The van der Waals surface area contributed by atoms with Gasteiger partial charge >= 0.3 is 0 Å². The minimum absolute atomic E-state index is 0.863. The van der Waals surface area contributed by atoms with E-state index in [4.69, 9.17) is 4.74 Å². The summed E-state index contributed by atoms with van der Waals surface area (Å²) in [5.74, 6) is 1.73. The summed E-state index contributed by atoms with van der Waals surface area (Å²) in [5, 5.41) is 12.1. The lowest BCUT2D eigenvalue weighted by atomic mass is 9.91. The molecule has 2 aromatic heterocycles. The van der Waals surface area contributed by atoms with E-state index in [1.165, 1.54) is 62.2 Å². The number of ether oxygens (including phenoxy) is 1. The van der Waals surface area contributed by atoms with Crippen LogP contribution in [0.4, 0.5) is 34.1 Å². The van der Waals surface area contributed by atoms with E-state index in [2.05, 4.69) is 228 Å². The lowest BCUT2D eigenvalue weighted by molar-refractivity contribution is 0.493. The molecule has 0 amide bonds. The predicted octanol–water partition coefficient (Wildman–Crippen LogP) is 18.6. The van der Waals surface area contributed by atoms with Crippen molar-refractivity contribution in [2.45, 2.75) is 0 Å². The van der Waals surface area contributed by atoms with Crippen molar-refractivity contribution in [1.82, 2.24) is 0 Å². The molecule has 3 nitrogen and oxygen atoms in total. The van der Waals surface area contributed by atoms with E-state index in [0.717, 1.165) is 67.2 Å². The standard InChI is InChI=1S/C60H36N2OS2/c1-4-16-37(17-5-1)43-23-12-24-46-47-26-14-28-49(60(47)65-58(43)46)61(40-18-6-2-7-19-40)42-34-38-32-33-39-35-51(48-27-15-30-52-57(48)56(39)55(38)53(36-42)63-52)62(41-20-8-3-9-21-41)50-29-13-25-45-44-22-10-11-31-54(44)64-59(45)50/h1-36H. The van der Waals surface area contributed by atoms with E-state index in [1.807, 2.05) is 22.7 Å². The van der Waals surface area contributed by atoms with Crippen molar-refractivity contribution in [3.63, 3.8) is 0 Å². The molecule has 0 fully saturated rings. The fourth-order valence-electron chi connectivity index (χ4n) is 10.4. The van der Waals surface area contributed by atoms with Crippen LogP contribution in [0.2, 0.25) is 0 Å². The van der Waals surface area contributed by atoms with Gasteiger partial charge in [-0.1, -0.05) is 152 Å². The fraction of sp³-hybridized carbons (Fsp3) is 0. The Morgan fingerprint density at radius 3 is 1.66 bits per heavy atom. The Kier molecular flexibility index (Phi) is 8.02. The number of anilines is 6. The van der Waals surface area contributed by atoms with E-state index in [-0.39, 0.29) is 0 Å². The maximum Gasteiger partial charge on any atom is 0.138 e. The lowest BCUT2D eigenvalue weighted by Gasteiger charge is -2.30. The second-order valence-electron chi connectivity index (χ2n) is 16.8. The number of thiophene rings is 2. The average Bonchev–Trinajstić information content (AvgIpc) is 3.95. The number of nitrogens with zero attached hydrogens (tertiary/aromatic N) is 2. The summed E-state index contributed by atoms with van der Waals surface area (Å²) < 4.78 is 12.3. The van der Waals surface area contributed by atoms with Gasteiger partial charge in [0.2, 0.25) is 0 Å². The molecule has 0 atom stereocenters. The van der Waals surface area contributed by atoms with Crippen LogP contribution in [-0.2, 0) is 0 Å². The fourth-order valence-corrected chi connectivity index (χ4v) is 12.9. The lowest BCUT2D eigenvalue weighted by Crippen LogP contribution is -2.12. The van der Waals surface area contributed by atoms with Crippen LogP contribution >= 0.6 is 22.7 Å². The summed E-state index contributed by atoms with van der Waals surface area (Å²) in [7, 11) is 0. The minimum Gasteiger partial charge on any atom is -0.456 e. The monoisotopic (exact) mass is 864 g/mol. The molecule has 65 heavy (non-hydrogen) atoms. The number of hydrogen-bond acceptors (Lipinski definition) is 5. The largest absolute Gasteiger partial charge is 0.456 e. The highest BCUT2D eigenvalue weighted by Gasteiger charge is 2.28. The van der Waals surface area contributed by atoms with Gasteiger partial charge < -0.3 is 14.5 Å². The molecule has 5 heteroatoms. The molecule has 1 aliphatic rings. The van der Waals surface area contributed by atoms with Crippen LogP contribution in [0.25, 0.3) is 83.8 Å². The van der Waals surface area contributed by atoms with Crippen molar-refractivity contribution in [2.75, 3.05) is 9.80 Å². The number of para-hydroxylation sites is 2. The van der Waals surface area contributed by atoms with Gasteiger partial charge in [0.25, 0.3) is 0 Å². The molecule has 0 spiro atoms. The van der Waals surface area contributed by atoms with Crippen molar-refractivity contribution < 1.29 is 4.74 Å². The van der Waals surface area contributed by atoms with Gasteiger partial charge in [0.15, 0.2) is 0 Å². The van der Waals surface area contributed by atoms with Gasteiger partial charge in [-0.3, -0.25) is 0 Å². The van der Waals surface area contributed by atoms with Crippen LogP contribution in [-0.4, -0.2) is 0 Å². The molecule has 0 aliphatic carbocycles. The normalized spacial score (nSPS) is 12.1. The molecule has 0 N–H and O–H groups in total. The van der Waals surface area contributed by atoms with Crippen LogP contribution in [0.15, 0.2) is 218 Å². The van der Waals surface area contributed by atoms with Crippen LogP contribution in [0.5, 0.6) is 11.5 Å². The third-order valence-electron chi connectivity index (χ3n) is 13.1. The first-order chi connectivity index (χ1) is 32.2. The van der Waals surface area contributed by atoms with Crippen LogP contribution < -0.4 is 14.5 Å². The first kappa shape index (κ1) is 36.5. The molecule has 0 unspecified atom stereocenters. The van der Waals surface area contributed by atoms with Gasteiger partial charge in [-0.15, -0.1) is 22.7 Å². The maximum atomic E-state index is 7.16. The van der Waals surface area contributed by atoms with Crippen LogP contribution in [0.1, 0.15) is 0 Å². The molecule has 0 saturated heterocycles. The van der Waals surface area contributed by atoms with Gasteiger partial charge in [0.1, 0.15) is 11.5 Å². The first-order valence-corrected chi connectivity index (χ1v) is 23.6. The molecular weight excluding hydrogens is 829 g/mol. The third-order valence-corrected chi connectivity index (χ3v) is 15.6. The number of benzene rings is 11. The highest BCUT2D eigenvalue weighted by atomic mass is 32.1. The van der Waals surface area contributed by atoms with Gasteiger partial charge in [-0.25, -0.2) is 0 Å². The molecule has 3 heterocycles. The molecular formula is C60H36N2OS2. The summed E-state index contributed by atoms with van der Waals surface area (Å²) in [4.78, 5) is 4.86. The topological polar surface area (TPSA) is 15.7 Å². The second kappa shape index (κ2) is 14.3. The van der Waals surface area contributed by atoms with Crippen molar-refractivity contribution in [3.8, 4) is 22.6 Å². The number of rotatable bonds is 7. The van der Waals surface area contributed by atoms with Crippen LogP contribution in [0.3, 0.4) is 0 Å². The summed E-state index contributed by atoms with van der Waals surface area (Å²) >= 11 is 3.74.